The number of pyridine rings is 1. The van der Waals surface area contributed by atoms with Crippen LogP contribution in [0.1, 0.15) is 130 Å². The molecule has 0 amide bonds. The number of thiazole rings is 1. The fourth-order valence-electron chi connectivity index (χ4n) is 5.75. The minimum absolute atomic E-state index is 0. The number of nitrogens with zero attached hydrogens (tertiary/aromatic N) is 2. The molecule has 2 aromatic heterocycles. The van der Waals surface area contributed by atoms with Gasteiger partial charge in [0.25, 0.3) is 0 Å². The first-order valence-corrected chi connectivity index (χ1v) is 13.1. The molecule has 3 heteroatoms. The molecular weight excluding hydrogens is 396 g/mol. The van der Waals surface area contributed by atoms with E-state index < -0.39 is 0 Å². The summed E-state index contributed by atoms with van der Waals surface area (Å²) in [4.78, 5) is 10.3. The summed E-state index contributed by atoms with van der Waals surface area (Å²) in [6, 6.07) is 4.16. The van der Waals surface area contributed by atoms with Crippen LogP contribution in [0, 0.1) is 22.7 Å². The van der Waals surface area contributed by atoms with Gasteiger partial charge in [-0.25, -0.2) is 9.97 Å². The van der Waals surface area contributed by atoms with Gasteiger partial charge in [0.2, 0.25) is 0 Å². The Hall–Kier alpha value is -0.960. The van der Waals surface area contributed by atoms with Crippen molar-refractivity contribution in [3.63, 3.8) is 0 Å². The van der Waals surface area contributed by atoms with Crippen LogP contribution in [0.3, 0.4) is 0 Å². The lowest BCUT2D eigenvalue weighted by Crippen LogP contribution is -2.44. The SMILES string of the molecule is C.CC(C)CC12CCC(C(C)C)(CC1)CC2.CC(C)c1ccc2nc(C(C)C)sc2n1. The molecule has 0 saturated heterocycles. The number of hydrogen-bond donors (Lipinski definition) is 0. The van der Waals surface area contributed by atoms with Crippen molar-refractivity contribution in [2.24, 2.45) is 22.7 Å². The molecule has 2 aromatic rings. The third kappa shape index (κ3) is 5.89. The van der Waals surface area contributed by atoms with Gasteiger partial charge in [0.05, 0.1) is 5.01 Å². The minimum atomic E-state index is 0. The van der Waals surface area contributed by atoms with E-state index in [0.29, 0.717) is 11.8 Å². The van der Waals surface area contributed by atoms with Gasteiger partial charge in [-0.3, -0.25) is 0 Å². The molecule has 2 heterocycles. The summed E-state index contributed by atoms with van der Waals surface area (Å²) < 4.78 is 0. The number of hydrogen-bond acceptors (Lipinski definition) is 3. The van der Waals surface area contributed by atoms with Gasteiger partial charge in [-0.15, -0.1) is 0 Å². The fourth-order valence-corrected chi connectivity index (χ4v) is 6.69. The molecule has 3 aliphatic carbocycles. The van der Waals surface area contributed by atoms with Crippen molar-refractivity contribution >= 4 is 21.7 Å². The van der Waals surface area contributed by atoms with Crippen molar-refractivity contribution in [3.8, 4) is 0 Å². The summed E-state index contributed by atoms with van der Waals surface area (Å²) in [7, 11) is 0. The van der Waals surface area contributed by atoms with E-state index in [1.165, 1.54) is 50.0 Å². The van der Waals surface area contributed by atoms with Gasteiger partial charge < -0.3 is 0 Å². The standard InChI is InChI=1S/C15H28.C12H16N2S.CH4/c1-12(2)11-14-5-8-15(9-6-14,10-7-14)13(3)4;1-7(2)9-5-6-10-12(13-9)15-11(14-10)8(3)4;/h12-13H,5-11H2,1-4H3;5-8H,1-4H3;1H4. The zero-order chi connectivity index (χ0) is 22.1. The molecule has 2 nitrogen and oxygen atoms in total. The average molecular weight is 445 g/mol. The maximum atomic E-state index is 4.63. The van der Waals surface area contributed by atoms with E-state index in [9.17, 15) is 0 Å². The lowest BCUT2D eigenvalue weighted by Gasteiger charge is -2.56. The molecule has 176 valence electrons. The highest BCUT2D eigenvalue weighted by Crippen LogP contribution is 2.61. The van der Waals surface area contributed by atoms with Gasteiger partial charge in [-0.2, -0.15) is 0 Å². The van der Waals surface area contributed by atoms with Crippen LogP contribution in [0.15, 0.2) is 12.1 Å². The maximum Gasteiger partial charge on any atom is 0.143 e. The van der Waals surface area contributed by atoms with Crippen molar-refractivity contribution in [1.82, 2.24) is 9.97 Å². The Labute approximate surface area is 196 Å². The quantitative estimate of drug-likeness (QED) is 0.458. The van der Waals surface area contributed by atoms with Crippen LogP contribution in [-0.4, -0.2) is 9.97 Å². The summed E-state index contributed by atoms with van der Waals surface area (Å²) in [6.07, 6.45) is 10.7. The number of fused-ring (bicyclic) bond motifs is 4. The molecule has 0 spiro atoms. The molecular formula is C28H48N2S. The zero-order valence-corrected chi connectivity index (χ0v) is 21.5. The predicted molar refractivity (Wildman–Crippen MR) is 139 cm³/mol. The Bertz CT molecular complexity index is 800. The monoisotopic (exact) mass is 444 g/mol. The second kappa shape index (κ2) is 10.3. The van der Waals surface area contributed by atoms with Crippen LogP contribution in [0.25, 0.3) is 10.3 Å². The van der Waals surface area contributed by atoms with Crippen LogP contribution in [0.4, 0.5) is 0 Å². The molecule has 3 aliphatic rings. The Morgan fingerprint density at radius 3 is 1.84 bits per heavy atom. The number of aromatic nitrogens is 2. The van der Waals surface area contributed by atoms with Crippen LogP contribution in [0.5, 0.6) is 0 Å². The highest BCUT2D eigenvalue weighted by molar-refractivity contribution is 7.18. The Kier molecular flexibility index (Phi) is 8.75. The Balaban J connectivity index is 0.000000213. The molecule has 0 atom stereocenters. The first kappa shape index (κ1) is 26.3. The normalized spacial score (nSPS) is 25.3. The van der Waals surface area contributed by atoms with E-state index in [-0.39, 0.29) is 7.43 Å². The van der Waals surface area contributed by atoms with Crippen LogP contribution in [-0.2, 0) is 0 Å². The number of rotatable bonds is 5. The molecule has 3 fully saturated rings. The lowest BCUT2D eigenvalue weighted by atomic mass is 9.49. The van der Waals surface area contributed by atoms with Crippen LogP contribution in [0.2, 0.25) is 0 Å². The second-order valence-corrected chi connectivity index (χ2v) is 12.5. The summed E-state index contributed by atoms with van der Waals surface area (Å²) in [5.74, 6) is 2.79. The summed E-state index contributed by atoms with van der Waals surface area (Å²) in [5.41, 5.74) is 3.71. The maximum absolute atomic E-state index is 4.63. The van der Waals surface area contributed by atoms with E-state index in [0.717, 1.165) is 38.7 Å². The van der Waals surface area contributed by atoms with E-state index >= 15 is 0 Å². The van der Waals surface area contributed by atoms with Gasteiger partial charge in [0, 0.05) is 11.6 Å². The molecule has 0 aromatic carbocycles. The average Bonchev–Trinajstić information content (AvgIpc) is 3.12. The largest absolute Gasteiger partial charge is 0.240 e. The van der Waals surface area contributed by atoms with Crippen LogP contribution >= 0.6 is 11.3 Å². The molecule has 0 N–H and O–H groups in total. The van der Waals surface area contributed by atoms with Gasteiger partial charge >= 0.3 is 0 Å². The molecule has 0 radical (unpaired) electrons. The molecule has 0 aliphatic heterocycles. The van der Waals surface area contributed by atoms with Gasteiger partial charge in [0.1, 0.15) is 10.3 Å². The Morgan fingerprint density at radius 2 is 1.39 bits per heavy atom. The van der Waals surface area contributed by atoms with Gasteiger partial charge in [-0.05, 0) is 85.7 Å². The van der Waals surface area contributed by atoms with Crippen molar-refractivity contribution in [2.45, 2.75) is 120 Å². The van der Waals surface area contributed by atoms with Crippen molar-refractivity contribution in [3.05, 3.63) is 22.8 Å². The highest BCUT2D eigenvalue weighted by Gasteiger charge is 2.49. The van der Waals surface area contributed by atoms with E-state index in [1.54, 1.807) is 11.3 Å². The van der Waals surface area contributed by atoms with Gasteiger partial charge in [0.15, 0.2) is 0 Å². The van der Waals surface area contributed by atoms with Crippen molar-refractivity contribution < 1.29 is 0 Å². The fraction of sp³-hybridized carbons (Fsp3) is 0.786. The zero-order valence-electron chi connectivity index (χ0n) is 20.7. The van der Waals surface area contributed by atoms with Crippen molar-refractivity contribution in [2.75, 3.05) is 0 Å². The highest BCUT2D eigenvalue weighted by atomic mass is 32.1. The van der Waals surface area contributed by atoms with E-state index in [2.05, 4.69) is 77.5 Å². The lowest BCUT2D eigenvalue weighted by molar-refractivity contribution is -0.0480. The van der Waals surface area contributed by atoms with Crippen molar-refractivity contribution in [1.29, 1.82) is 0 Å². The second-order valence-electron chi connectivity index (χ2n) is 11.5. The molecule has 0 unspecified atom stereocenters. The topological polar surface area (TPSA) is 25.8 Å². The first-order valence-electron chi connectivity index (χ1n) is 12.3. The summed E-state index contributed by atoms with van der Waals surface area (Å²) in [6.45, 7) is 18.3. The molecule has 31 heavy (non-hydrogen) atoms. The molecule has 5 rings (SSSR count). The molecule has 3 saturated carbocycles. The third-order valence-electron chi connectivity index (χ3n) is 7.90. The third-order valence-corrected chi connectivity index (χ3v) is 9.17. The summed E-state index contributed by atoms with van der Waals surface area (Å²) >= 11 is 1.71. The summed E-state index contributed by atoms with van der Waals surface area (Å²) in [5, 5.41) is 1.18. The Morgan fingerprint density at radius 1 is 0.806 bits per heavy atom. The van der Waals surface area contributed by atoms with E-state index in [4.69, 9.17) is 0 Å². The predicted octanol–water partition coefficient (Wildman–Crippen LogP) is 9.60. The smallest absolute Gasteiger partial charge is 0.143 e. The van der Waals surface area contributed by atoms with E-state index in [1.807, 2.05) is 0 Å². The first-order chi connectivity index (χ1) is 14.1. The minimum Gasteiger partial charge on any atom is -0.240 e. The molecule has 2 bridgehead atoms. The van der Waals surface area contributed by atoms with Gasteiger partial charge in [-0.1, -0.05) is 74.2 Å². The van der Waals surface area contributed by atoms with Crippen LogP contribution < -0.4 is 0 Å².